The van der Waals surface area contributed by atoms with Crippen molar-refractivity contribution >= 4 is 12.0 Å². The monoisotopic (exact) mass is 266 g/mol. The fourth-order valence-electron chi connectivity index (χ4n) is 2.25. The summed E-state index contributed by atoms with van der Waals surface area (Å²) in [5.74, 6) is 1.13. The van der Waals surface area contributed by atoms with Crippen LogP contribution in [0.2, 0.25) is 0 Å². The van der Waals surface area contributed by atoms with Gasteiger partial charge in [-0.2, -0.15) is 0 Å². The minimum absolute atomic E-state index is 0.0134. The molecular weight excluding hydrogens is 244 g/mol. The Morgan fingerprint density at radius 2 is 2.00 bits per heavy atom. The third-order valence-corrected chi connectivity index (χ3v) is 3.60. The van der Waals surface area contributed by atoms with Crippen molar-refractivity contribution in [3.63, 3.8) is 0 Å². The molecule has 3 N–H and O–H groups in total. The molecule has 0 aromatic carbocycles. The maximum absolute atomic E-state index is 11.7. The number of amides is 2. The van der Waals surface area contributed by atoms with Crippen molar-refractivity contribution in [1.29, 1.82) is 0 Å². The third kappa shape index (κ3) is 5.21. The van der Waals surface area contributed by atoms with Gasteiger partial charge >= 0.3 is 12.0 Å². The first-order valence-electron chi connectivity index (χ1n) is 6.57. The van der Waals surface area contributed by atoms with Gasteiger partial charge in [0.15, 0.2) is 0 Å². The van der Waals surface area contributed by atoms with E-state index in [9.17, 15) is 9.59 Å². The number of aliphatic carboxylic acids is 1. The van der Waals surface area contributed by atoms with Gasteiger partial charge < -0.3 is 15.7 Å². The van der Waals surface area contributed by atoms with Crippen molar-refractivity contribution in [1.82, 2.24) is 10.6 Å². The van der Waals surface area contributed by atoms with Crippen molar-refractivity contribution < 1.29 is 14.7 Å². The van der Waals surface area contributed by atoms with Gasteiger partial charge in [-0.05, 0) is 31.1 Å². The third-order valence-electron chi connectivity index (χ3n) is 3.60. The number of carbonyl (C=O) groups is 2. The topological polar surface area (TPSA) is 78.4 Å². The Bertz CT molecular complexity index is 375. The predicted octanol–water partition coefficient (Wildman–Crippen LogP) is 1.73. The summed E-state index contributed by atoms with van der Waals surface area (Å²) in [7, 11) is 0. The van der Waals surface area contributed by atoms with Crippen LogP contribution in [-0.2, 0) is 4.79 Å². The number of hydrogen-bond donors (Lipinski definition) is 3. The van der Waals surface area contributed by atoms with Crippen molar-refractivity contribution in [2.45, 2.75) is 58.0 Å². The van der Waals surface area contributed by atoms with Crippen LogP contribution in [0, 0.1) is 17.8 Å². The van der Waals surface area contributed by atoms with Crippen LogP contribution in [-0.4, -0.2) is 29.2 Å². The highest BCUT2D eigenvalue weighted by Gasteiger charge is 2.28. The van der Waals surface area contributed by atoms with E-state index in [1.54, 1.807) is 0 Å². The van der Waals surface area contributed by atoms with Gasteiger partial charge in [-0.1, -0.05) is 13.8 Å². The quantitative estimate of drug-likeness (QED) is 0.678. The molecule has 1 aliphatic rings. The minimum Gasteiger partial charge on any atom is -0.480 e. The second kappa shape index (κ2) is 6.46. The summed E-state index contributed by atoms with van der Waals surface area (Å²) in [5, 5.41) is 14.1. The van der Waals surface area contributed by atoms with Gasteiger partial charge in [0.25, 0.3) is 0 Å². The highest BCUT2D eigenvalue weighted by atomic mass is 16.4. The number of hydrogen-bond acceptors (Lipinski definition) is 2. The number of urea groups is 1. The standard InChI is InChI=1S/C14H22N2O3/c1-4-5-11(12(17)18)16-13(19)15-10-6-8-14(2,3)9-7-10/h1,10-11H,5-9H2,2-3H3,(H,17,18)(H2,15,16,19). The molecule has 0 heterocycles. The van der Waals surface area contributed by atoms with Crippen LogP contribution in [0.25, 0.3) is 0 Å². The molecule has 1 saturated carbocycles. The molecule has 0 aromatic heterocycles. The maximum Gasteiger partial charge on any atom is 0.327 e. The zero-order chi connectivity index (χ0) is 14.5. The van der Waals surface area contributed by atoms with E-state index in [0.29, 0.717) is 5.41 Å². The van der Waals surface area contributed by atoms with E-state index in [2.05, 4.69) is 30.4 Å². The summed E-state index contributed by atoms with van der Waals surface area (Å²) in [5.41, 5.74) is 0.335. The number of carboxylic acid groups (broad SMARTS) is 1. The Balaban J connectivity index is 2.39. The fourth-order valence-corrected chi connectivity index (χ4v) is 2.25. The highest BCUT2D eigenvalue weighted by molar-refractivity contribution is 5.82. The average Bonchev–Trinajstić information content (AvgIpc) is 2.31. The molecule has 0 aromatic rings. The first kappa shape index (κ1) is 15.4. The zero-order valence-electron chi connectivity index (χ0n) is 11.5. The fraction of sp³-hybridized carbons (Fsp3) is 0.714. The molecule has 1 aliphatic carbocycles. The second-order valence-electron chi connectivity index (χ2n) is 5.86. The molecule has 0 radical (unpaired) electrons. The maximum atomic E-state index is 11.7. The largest absolute Gasteiger partial charge is 0.480 e. The lowest BCUT2D eigenvalue weighted by Crippen LogP contribution is -2.49. The summed E-state index contributed by atoms with van der Waals surface area (Å²) in [6, 6.07) is -1.36. The van der Waals surface area contributed by atoms with E-state index in [0.717, 1.165) is 25.7 Å². The highest BCUT2D eigenvalue weighted by Crippen LogP contribution is 2.34. The van der Waals surface area contributed by atoms with Crippen molar-refractivity contribution in [3.05, 3.63) is 0 Å². The van der Waals surface area contributed by atoms with Gasteiger partial charge in [-0.25, -0.2) is 9.59 Å². The number of rotatable bonds is 4. The summed E-state index contributed by atoms with van der Waals surface area (Å²) in [4.78, 5) is 22.6. The van der Waals surface area contributed by atoms with Crippen LogP contribution >= 0.6 is 0 Å². The number of carbonyl (C=O) groups excluding carboxylic acids is 1. The summed E-state index contributed by atoms with van der Waals surface area (Å²) in [6.07, 6.45) is 9.03. The molecule has 5 nitrogen and oxygen atoms in total. The van der Waals surface area contributed by atoms with Gasteiger partial charge in [-0.15, -0.1) is 12.3 Å². The molecule has 1 fully saturated rings. The second-order valence-corrected chi connectivity index (χ2v) is 5.86. The van der Waals surface area contributed by atoms with E-state index in [-0.39, 0.29) is 12.5 Å². The summed E-state index contributed by atoms with van der Waals surface area (Å²) < 4.78 is 0. The van der Waals surface area contributed by atoms with Crippen molar-refractivity contribution in [2.24, 2.45) is 5.41 Å². The predicted molar refractivity (Wildman–Crippen MR) is 72.6 cm³/mol. The molecule has 0 saturated heterocycles. The van der Waals surface area contributed by atoms with E-state index in [4.69, 9.17) is 11.5 Å². The molecule has 1 unspecified atom stereocenters. The molecule has 5 heteroatoms. The smallest absolute Gasteiger partial charge is 0.327 e. The van der Waals surface area contributed by atoms with Crippen LogP contribution in [0.5, 0.6) is 0 Å². The van der Waals surface area contributed by atoms with Gasteiger partial charge in [0, 0.05) is 12.5 Å². The molecule has 0 aliphatic heterocycles. The lowest BCUT2D eigenvalue weighted by molar-refractivity contribution is -0.139. The SMILES string of the molecule is C#CCC(NC(=O)NC1CCC(C)(C)CC1)C(=O)O. The Morgan fingerprint density at radius 1 is 1.42 bits per heavy atom. The van der Waals surface area contributed by atoms with Crippen LogP contribution in [0.1, 0.15) is 46.0 Å². The van der Waals surface area contributed by atoms with Crippen LogP contribution in [0.15, 0.2) is 0 Å². The van der Waals surface area contributed by atoms with Gasteiger partial charge in [-0.3, -0.25) is 0 Å². The van der Waals surface area contributed by atoms with Crippen LogP contribution < -0.4 is 10.6 Å². The van der Waals surface area contributed by atoms with Gasteiger partial charge in [0.05, 0.1) is 0 Å². The Labute approximate surface area is 114 Å². The first-order chi connectivity index (χ1) is 8.84. The lowest BCUT2D eigenvalue weighted by Gasteiger charge is -2.34. The number of nitrogens with one attached hydrogen (secondary N) is 2. The summed E-state index contributed by atoms with van der Waals surface area (Å²) in [6.45, 7) is 4.44. The van der Waals surface area contributed by atoms with E-state index < -0.39 is 18.0 Å². The Kier molecular flexibility index (Phi) is 5.22. The van der Waals surface area contributed by atoms with Crippen LogP contribution in [0.3, 0.4) is 0 Å². The first-order valence-corrected chi connectivity index (χ1v) is 6.57. The normalized spacial score (nSPS) is 20.1. The van der Waals surface area contributed by atoms with E-state index in [1.165, 1.54) is 0 Å². The minimum atomic E-state index is -1.11. The molecule has 19 heavy (non-hydrogen) atoms. The zero-order valence-corrected chi connectivity index (χ0v) is 11.5. The van der Waals surface area contributed by atoms with Crippen molar-refractivity contribution in [2.75, 3.05) is 0 Å². The number of carboxylic acids is 1. The average molecular weight is 266 g/mol. The molecule has 0 bridgehead atoms. The van der Waals surface area contributed by atoms with Crippen molar-refractivity contribution in [3.8, 4) is 12.3 Å². The summed E-state index contributed by atoms with van der Waals surface area (Å²) >= 11 is 0. The molecule has 0 spiro atoms. The molecule has 1 rings (SSSR count). The van der Waals surface area contributed by atoms with E-state index >= 15 is 0 Å². The lowest BCUT2D eigenvalue weighted by atomic mass is 9.76. The molecule has 2 amide bonds. The van der Waals surface area contributed by atoms with E-state index in [1.807, 2.05) is 0 Å². The molecule has 1 atom stereocenters. The Hall–Kier alpha value is -1.70. The molecule has 106 valence electrons. The Morgan fingerprint density at radius 3 is 2.47 bits per heavy atom. The molecular formula is C14H22N2O3. The van der Waals surface area contributed by atoms with Gasteiger partial charge in [0.2, 0.25) is 0 Å². The van der Waals surface area contributed by atoms with Gasteiger partial charge in [0.1, 0.15) is 6.04 Å². The van der Waals surface area contributed by atoms with Crippen LogP contribution in [0.4, 0.5) is 4.79 Å². The number of terminal acetylenes is 1.